The number of hydrogen-bond acceptors (Lipinski definition) is 3. The molecule has 19 heavy (non-hydrogen) atoms. The fourth-order valence-corrected chi connectivity index (χ4v) is 2.89. The largest absolute Gasteiger partial charge is 0.394 e. The minimum atomic E-state index is -0.167. The quantitative estimate of drug-likeness (QED) is 0.892. The molecule has 0 radical (unpaired) electrons. The lowest BCUT2D eigenvalue weighted by Crippen LogP contribution is -2.53. The normalized spacial score (nSPS) is 19.6. The molecular formula is C15H23BrN2O. The van der Waals surface area contributed by atoms with Crippen molar-refractivity contribution < 1.29 is 5.11 Å². The van der Waals surface area contributed by atoms with Gasteiger partial charge in [0, 0.05) is 29.3 Å². The number of anilines is 1. The van der Waals surface area contributed by atoms with E-state index in [1.165, 1.54) is 0 Å². The molecule has 0 spiro atoms. The number of benzene rings is 1. The summed E-state index contributed by atoms with van der Waals surface area (Å²) in [4.78, 5) is 2.47. The Morgan fingerprint density at radius 3 is 2.32 bits per heavy atom. The van der Waals surface area contributed by atoms with Gasteiger partial charge in [-0.1, -0.05) is 15.9 Å². The molecule has 4 heteroatoms. The van der Waals surface area contributed by atoms with Gasteiger partial charge in [-0.15, -0.1) is 0 Å². The predicted molar refractivity (Wildman–Crippen MR) is 83.5 cm³/mol. The van der Waals surface area contributed by atoms with Crippen molar-refractivity contribution in [2.45, 2.75) is 38.3 Å². The summed E-state index contributed by atoms with van der Waals surface area (Å²) in [5, 5.41) is 13.3. The van der Waals surface area contributed by atoms with Crippen molar-refractivity contribution in [2.24, 2.45) is 0 Å². The maximum atomic E-state index is 9.79. The number of aliphatic hydroxyl groups excluding tert-OH is 1. The Labute approximate surface area is 124 Å². The number of nitrogens with zero attached hydrogens (tertiary/aromatic N) is 1. The zero-order valence-electron chi connectivity index (χ0n) is 11.7. The SMILES string of the molecule is CC(C)N1CCC(CO)(Nc2ccc(Br)cc2)CC1. The highest BCUT2D eigenvalue weighted by atomic mass is 79.9. The molecule has 0 amide bonds. The first kappa shape index (κ1) is 14.8. The Morgan fingerprint density at radius 1 is 1.26 bits per heavy atom. The van der Waals surface area contributed by atoms with Crippen LogP contribution in [-0.2, 0) is 0 Å². The Balaban J connectivity index is 2.02. The van der Waals surface area contributed by atoms with Gasteiger partial charge in [-0.3, -0.25) is 0 Å². The Kier molecular flexibility index (Phi) is 4.87. The van der Waals surface area contributed by atoms with E-state index in [9.17, 15) is 5.11 Å². The van der Waals surface area contributed by atoms with E-state index in [2.05, 4.69) is 52.1 Å². The Morgan fingerprint density at radius 2 is 1.84 bits per heavy atom. The van der Waals surface area contributed by atoms with Crippen LogP contribution >= 0.6 is 15.9 Å². The van der Waals surface area contributed by atoms with E-state index in [4.69, 9.17) is 0 Å². The molecule has 3 nitrogen and oxygen atoms in total. The molecule has 0 aliphatic carbocycles. The highest BCUT2D eigenvalue weighted by molar-refractivity contribution is 9.10. The van der Waals surface area contributed by atoms with Gasteiger partial charge in [0.05, 0.1) is 12.1 Å². The van der Waals surface area contributed by atoms with Gasteiger partial charge in [0.25, 0.3) is 0 Å². The zero-order chi connectivity index (χ0) is 13.9. The van der Waals surface area contributed by atoms with Crippen LogP contribution in [0.3, 0.4) is 0 Å². The van der Waals surface area contributed by atoms with Gasteiger partial charge in [0.15, 0.2) is 0 Å². The highest BCUT2D eigenvalue weighted by Gasteiger charge is 2.34. The molecule has 1 heterocycles. The molecule has 106 valence electrons. The molecule has 1 aliphatic heterocycles. The third-order valence-corrected chi connectivity index (χ3v) is 4.57. The molecule has 1 fully saturated rings. The summed E-state index contributed by atoms with van der Waals surface area (Å²) in [6, 6.07) is 8.74. The third-order valence-electron chi connectivity index (χ3n) is 4.04. The molecule has 0 aromatic heterocycles. The minimum absolute atomic E-state index is 0.167. The van der Waals surface area contributed by atoms with E-state index >= 15 is 0 Å². The standard InChI is InChI=1S/C15H23BrN2O/c1-12(2)18-9-7-15(11-19,8-10-18)17-14-5-3-13(16)4-6-14/h3-6,12,17,19H,7-11H2,1-2H3. The van der Waals surface area contributed by atoms with Crippen LogP contribution in [0.1, 0.15) is 26.7 Å². The van der Waals surface area contributed by atoms with Gasteiger partial charge in [0.2, 0.25) is 0 Å². The lowest BCUT2D eigenvalue weighted by Gasteiger charge is -2.43. The Hall–Kier alpha value is -0.580. The van der Waals surface area contributed by atoms with E-state index in [-0.39, 0.29) is 12.1 Å². The molecular weight excluding hydrogens is 304 g/mol. The summed E-state index contributed by atoms with van der Waals surface area (Å²) in [5.74, 6) is 0. The number of hydrogen-bond donors (Lipinski definition) is 2. The van der Waals surface area contributed by atoms with E-state index in [0.29, 0.717) is 6.04 Å². The number of halogens is 1. The van der Waals surface area contributed by atoms with Gasteiger partial charge in [-0.05, 0) is 51.0 Å². The molecule has 0 bridgehead atoms. The monoisotopic (exact) mass is 326 g/mol. The zero-order valence-corrected chi connectivity index (χ0v) is 13.3. The second-order valence-corrected chi connectivity index (χ2v) is 6.62. The molecule has 0 atom stereocenters. The molecule has 2 rings (SSSR count). The fourth-order valence-electron chi connectivity index (χ4n) is 2.63. The average molecular weight is 327 g/mol. The van der Waals surface area contributed by atoms with Crippen molar-refractivity contribution in [2.75, 3.05) is 25.0 Å². The molecule has 2 N–H and O–H groups in total. The lowest BCUT2D eigenvalue weighted by atomic mass is 9.87. The molecule has 1 saturated heterocycles. The lowest BCUT2D eigenvalue weighted by molar-refractivity contribution is 0.101. The smallest absolute Gasteiger partial charge is 0.0662 e. The van der Waals surface area contributed by atoms with Crippen molar-refractivity contribution in [3.8, 4) is 0 Å². The summed E-state index contributed by atoms with van der Waals surface area (Å²) < 4.78 is 1.07. The second-order valence-electron chi connectivity index (χ2n) is 5.70. The fraction of sp³-hybridized carbons (Fsp3) is 0.600. The maximum absolute atomic E-state index is 9.79. The summed E-state index contributed by atoms with van der Waals surface area (Å²) in [5.41, 5.74) is 0.911. The molecule has 0 unspecified atom stereocenters. The number of aliphatic hydroxyl groups is 1. The van der Waals surface area contributed by atoms with Crippen molar-refractivity contribution in [3.63, 3.8) is 0 Å². The summed E-state index contributed by atoms with van der Waals surface area (Å²) in [6.45, 7) is 6.74. The molecule has 0 saturated carbocycles. The highest BCUT2D eigenvalue weighted by Crippen LogP contribution is 2.28. The third kappa shape index (κ3) is 3.71. The van der Waals surface area contributed by atoms with Crippen LogP contribution in [0, 0.1) is 0 Å². The first-order valence-electron chi connectivity index (χ1n) is 6.93. The van der Waals surface area contributed by atoms with Crippen molar-refractivity contribution in [1.82, 2.24) is 4.90 Å². The first-order chi connectivity index (χ1) is 9.04. The van der Waals surface area contributed by atoms with Crippen LogP contribution in [0.25, 0.3) is 0 Å². The second kappa shape index (κ2) is 6.25. The first-order valence-corrected chi connectivity index (χ1v) is 7.73. The number of nitrogens with one attached hydrogen (secondary N) is 1. The van der Waals surface area contributed by atoms with E-state index in [1.54, 1.807) is 0 Å². The van der Waals surface area contributed by atoms with Crippen molar-refractivity contribution in [1.29, 1.82) is 0 Å². The summed E-state index contributed by atoms with van der Waals surface area (Å²) >= 11 is 3.44. The summed E-state index contributed by atoms with van der Waals surface area (Å²) in [6.07, 6.45) is 1.97. The van der Waals surface area contributed by atoms with E-state index in [0.717, 1.165) is 36.1 Å². The van der Waals surface area contributed by atoms with Gasteiger partial charge in [0.1, 0.15) is 0 Å². The average Bonchev–Trinajstić information content (AvgIpc) is 2.42. The van der Waals surface area contributed by atoms with Gasteiger partial charge in [-0.25, -0.2) is 0 Å². The number of likely N-dealkylation sites (tertiary alicyclic amines) is 1. The van der Waals surface area contributed by atoms with Crippen LogP contribution < -0.4 is 5.32 Å². The molecule has 1 aliphatic rings. The molecule has 1 aromatic rings. The molecule has 1 aromatic carbocycles. The van der Waals surface area contributed by atoms with Crippen LogP contribution in [0.5, 0.6) is 0 Å². The van der Waals surface area contributed by atoms with E-state index in [1.807, 2.05) is 12.1 Å². The van der Waals surface area contributed by atoms with Gasteiger partial charge >= 0.3 is 0 Å². The number of rotatable bonds is 4. The van der Waals surface area contributed by atoms with Crippen molar-refractivity contribution >= 4 is 21.6 Å². The van der Waals surface area contributed by atoms with Gasteiger partial charge in [-0.2, -0.15) is 0 Å². The van der Waals surface area contributed by atoms with Crippen molar-refractivity contribution in [3.05, 3.63) is 28.7 Å². The topological polar surface area (TPSA) is 35.5 Å². The summed E-state index contributed by atoms with van der Waals surface area (Å²) in [7, 11) is 0. The van der Waals surface area contributed by atoms with Crippen LogP contribution in [0.2, 0.25) is 0 Å². The maximum Gasteiger partial charge on any atom is 0.0662 e. The van der Waals surface area contributed by atoms with Crippen LogP contribution in [0.15, 0.2) is 28.7 Å². The minimum Gasteiger partial charge on any atom is -0.394 e. The Bertz CT molecular complexity index is 397. The number of piperidine rings is 1. The van der Waals surface area contributed by atoms with Gasteiger partial charge < -0.3 is 15.3 Å². The predicted octanol–water partition coefficient (Wildman–Crippen LogP) is 3.10. The van der Waals surface area contributed by atoms with E-state index < -0.39 is 0 Å². The van der Waals surface area contributed by atoms with Crippen LogP contribution in [-0.4, -0.2) is 41.3 Å². The van der Waals surface area contributed by atoms with Crippen LogP contribution in [0.4, 0.5) is 5.69 Å².